The predicted octanol–water partition coefficient (Wildman–Crippen LogP) is 1.32. The first-order valence-electron chi connectivity index (χ1n) is 13.8. The van der Waals surface area contributed by atoms with Crippen LogP contribution in [0.5, 0.6) is 0 Å². The van der Waals surface area contributed by atoms with Crippen molar-refractivity contribution in [3.05, 3.63) is 24.3 Å². The number of hydrogen-bond donors (Lipinski definition) is 4. The van der Waals surface area contributed by atoms with Crippen LogP contribution in [0.1, 0.15) is 70.6 Å². The maximum absolute atomic E-state index is 13.8. The van der Waals surface area contributed by atoms with Crippen LogP contribution < -0.4 is 10.6 Å². The minimum Gasteiger partial charge on any atom is -0.480 e. The van der Waals surface area contributed by atoms with E-state index in [0.29, 0.717) is 18.1 Å². The van der Waals surface area contributed by atoms with Crippen molar-refractivity contribution in [1.82, 2.24) is 20.4 Å². The molecule has 0 radical (unpaired) electrons. The molecule has 3 unspecified atom stereocenters. The van der Waals surface area contributed by atoms with E-state index in [2.05, 4.69) is 15.5 Å². The van der Waals surface area contributed by atoms with Gasteiger partial charge in [-0.1, -0.05) is 56.4 Å². The zero-order valence-corrected chi connectivity index (χ0v) is 20.9. The Kier molecular flexibility index (Phi) is 7.79. The SMILES string of the molecule is O=C(N[C@@H](CO)C(=O)O)C1NC2C=CC=CC2N([C@H]2C[C@H]3CC[C@@H](C2)N3C2CCCCCCC2)C1=O. The molecule has 2 amide bonds. The van der Waals surface area contributed by atoms with E-state index >= 15 is 0 Å². The Balaban J connectivity index is 1.33. The fourth-order valence-corrected chi connectivity index (χ4v) is 7.37. The predicted molar refractivity (Wildman–Crippen MR) is 134 cm³/mol. The lowest BCUT2D eigenvalue weighted by Gasteiger charge is -2.52. The van der Waals surface area contributed by atoms with Crippen LogP contribution in [-0.4, -0.2) is 92.7 Å². The number of carboxylic acids is 1. The minimum atomic E-state index is -1.44. The standard InChI is InChI=1S/C27H40N4O5/c32-16-22(27(35)36)29-25(33)24-26(34)31(23-11-7-6-10-21(23)28-24)20-14-18-12-13-19(15-20)30(18)17-8-4-2-1-3-5-9-17/h6-7,10-11,17-24,28,32H,1-5,8-9,12-16H2,(H,29,33)(H,35,36)/t18-,19+,20+,21?,22-,23?,24?/m0/s1. The van der Waals surface area contributed by atoms with E-state index in [1.54, 1.807) is 0 Å². The first-order valence-corrected chi connectivity index (χ1v) is 13.8. The average molecular weight is 501 g/mol. The quantitative estimate of drug-likeness (QED) is 0.406. The van der Waals surface area contributed by atoms with Crippen LogP contribution in [0, 0.1) is 0 Å². The molecule has 2 aliphatic carbocycles. The maximum Gasteiger partial charge on any atom is 0.328 e. The summed E-state index contributed by atoms with van der Waals surface area (Å²) in [4.78, 5) is 42.8. The molecule has 3 heterocycles. The molecule has 5 aliphatic rings. The molecule has 7 atom stereocenters. The van der Waals surface area contributed by atoms with E-state index < -0.39 is 30.6 Å². The Bertz CT molecular complexity index is 885. The van der Waals surface area contributed by atoms with E-state index in [9.17, 15) is 24.6 Å². The van der Waals surface area contributed by atoms with Crippen molar-refractivity contribution in [2.24, 2.45) is 0 Å². The van der Waals surface area contributed by atoms with Crippen molar-refractivity contribution < 1.29 is 24.6 Å². The van der Waals surface area contributed by atoms with E-state index in [4.69, 9.17) is 0 Å². The number of nitrogens with one attached hydrogen (secondary N) is 2. The molecule has 1 saturated carbocycles. The molecule has 9 nitrogen and oxygen atoms in total. The second-order valence-electron chi connectivity index (χ2n) is 11.2. The summed E-state index contributed by atoms with van der Waals surface area (Å²) in [5.74, 6) is -2.34. The molecule has 4 N–H and O–H groups in total. The first kappa shape index (κ1) is 25.4. The molecule has 0 aromatic heterocycles. The average Bonchev–Trinajstić information content (AvgIpc) is 3.10. The number of aliphatic hydroxyl groups is 1. The van der Waals surface area contributed by atoms with Gasteiger partial charge in [0.05, 0.1) is 18.7 Å². The second-order valence-corrected chi connectivity index (χ2v) is 11.2. The van der Waals surface area contributed by atoms with Gasteiger partial charge < -0.3 is 20.4 Å². The van der Waals surface area contributed by atoms with Gasteiger partial charge in [0.25, 0.3) is 0 Å². The number of amides is 2. The number of fused-ring (bicyclic) bond motifs is 3. The topological polar surface area (TPSA) is 122 Å². The van der Waals surface area contributed by atoms with Crippen molar-refractivity contribution >= 4 is 17.8 Å². The van der Waals surface area contributed by atoms with Crippen LogP contribution in [0.4, 0.5) is 0 Å². The summed E-state index contributed by atoms with van der Waals surface area (Å²) in [5.41, 5.74) is 0. The van der Waals surface area contributed by atoms with Crippen LogP contribution in [0.25, 0.3) is 0 Å². The van der Waals surface area contributed by atoms with Gasteiger partial charge in [-0.3, -0.25) is 19.8 Å². The zero-order chi connectivity index (χ0) is 25.2. The molecule has 5 rings (SSSR count). The van der Waals surface area contributed by atoms with E-state index in [1.165, 1.54) is 57.8 Å². The van der Waals surface area contributed by atoms with Gasteiger partial charge in [0, 0.05) is 24.2 Å². The van der Waals surface area contributed by atoms with Crippen LogP contribution in [0.3, 0.4) is 0 Å². The Morgan fingerprint density at radius 3 is 2.22 bits per heavy atom. The number of carbonyl (C=O) groups is 3. The van der Waals surface area contributed by atoms with Gasteiger partial charge >= 0.3 is 5.97 Å². The lowest BCUT2D eigenvalue weighted by Crippen LogP contribution is -2.71. The van der Waals surface area contributed by atoms with Gasteiger partial charge in [0.1, 0.15) is 6.04 Å². The highest BCUT2D eigenvalue weighted by Crippen LogP contribution is 2.42. The monoisotopic (exact) mass is 500 g/mol. The molecule has 3 saturated heterocycles. The zero-order valence-electron chi connectivity index (χ0n) is 20.9. The van der Waals surface area contributed by atoms with Gasteiger partial charge in [-0.2, -0.15) is 0 Å². The van der Waals surface area contributed by atoms with E-state index in [1.807, 2.05) is 29.2 Å². The second kappa shape index (κ2) is 11.0. The highest BCUT2D eigenvalue weighted by molar-refractivity contribution is 6.06. The fraction of sp³-hybridized carbons (Fsp3) is 0.741. The third-order valence-corrected chi connectivity index (χ3v) is 9.00. The van der Waals surface area contributed by atoms with Crippen molar-refractivity contribution in [1.29, 1.82) is 0 Å². The highest BCUT2D eigenvalue weighted by atomic mass is 16.4. The summed E-state index contributed by atoms with van der Waals surface area (Å²) in [5, 5.41) is 24.0. The smallest absolute Gasteiger partial charge is 0.328 e. The van der Waals surface area contributed by atoms with Crippen LogP contribution in [0.2, 0.25) is 0 Å². The first-order chi connectivity index (χ1) is 17.5. The fourth-order valence-electron chi connectivity index (χ4n) is 7.37. The molecule has 3 aliphatic heterocycles. The molecule has 0 aromatic carbocycles. The third kappa shape index (κ3) is 4.97. The number of carboxylic acid groups (broad SMARTS) is 1. The number of aliphatic carboxylic acids is 1. The summed E-state index contributed by atoms with van der Waals surface area (Å²) >= 11 is 0. The Morgan fingerprint density at radius 2 is 1.58 bits per heavy atom. The Labute approximate surface area is 213 Å². The van der Waals surface area contributed by atoms with Crippen molar-refractivity contribution in [3.63, 3.8) is 0 Å². The van der Waals surface area contributed by atoms with E-state index in [-0.39, 0.29) is 24.0 Å². The van der Waals surface area contributed by atoms with Gasteiger partial charge in [-0.15, -0.1) is 0 Å². The third-order valence-electron chi connectivity index (χ3n) is 9.00. The number of piperazine rings is 1. The molecule has 0 spiro atoms. The number of nitrogens with zero attached hydrogens (tertiary/aromatic N) is 2. The summed E-state index contributed by atoms with van der Waals surface area (Å²) in [6, 6.07) is -1.37. The van der Waals surface area contributed by atoms with Crippen LogP contribution in [-0.2, 0) is 14.4 Å². The molecule has 198 valence electrons. The normalized spacial score (nSPS) is 36.1. The molecular weight excluding hydrogens is 460 g/mol. The molecule has 36 heavy (non-hydrogen) atoms. The molecule has 9 heteroatoms. The lowest BCUT2D eigenvalue weighted by molar-refractivity contribution is -0.151. The Morgan fingerprint density at radius 1 is 0.944 bits per heavy atom. The molecule has 2 bridgehead atoms. The summed E-state index contributed by atoms with van der Waals surface area (Å²) in [7, 11) is 0. The number of aliphatic hydroxyl groups excluding tert-OH is 1. The maximum atomic E-state index is 13.8. The lowest BCUT2D eigenvalue weighted by atomic mass is 9.86. The van der Waals surface area contributed by atoms with Crippen LogP contribution in [0.15, 0.2) is 24.3 Å². The highest BCUT2D eigenvalue weighted by Gasteiger charge is 2.51. The molecule has 4 fully saturated rings. The molecular formula is C27H40N4O5. The van der Waals surface area contributed by atoms with E-state index in [0.717, 1.165) is 12.8 Å². The number of hydrogen-bond acceptors (Lipinski definition) is 6. The van der Waals surface area contributed by atoms with Gasteiger partial charge in [-0.25, -0.2) is 4.79 Å². The number of piperidine rings is 1. The van der Waals surface area contributed by atoms with Crippen LogP contribution >= 0.6 is 0 Å². The van der Waals surface area contributed by atoms with Gasteiger partial charge in [0.15, 0.2) is 6.04 Å². The number of carbonyl (C=O) groups excluding carboxylic acids is 2. The van der Waals surface area contributed by atoms with Crippen molar-refractivity contribution in [2.45, 2.75) is 119 Å². The molecule has 0 aromatic rings. The van der Waals surface area contributed by atoms with Gasteiger partial charge in [0.2, 0.25) is 11.8 Å². The van der Waals surface area contributed by atoms with Gasteiger partial charge in [-0.05, 0) is 38.5 Å². The summed E-state index contributed by atoms with van der Waals surface area (Å²) < 4.78 is 0. The minimum absolute atomic E-state index is 0.0500. The number of allylic oxidation sites excluding steroid dienone is 2. The Hall–Kier alpha value is -2.23. The summed E-state index contributed by atoms with van der Waals surface area (Å²) in [6.07, 6.45) is 21.2. The summed E-state index contributed by atoms with van der Waals surface area (Å²) in [6.45, 7) is -0.733. The number of rotatable bonds is 6. The van der Waals surface area contributed by atoms with Crippen molar-refractivity contribution in [3.8, 4) is 0 Å². The largest absolute Gasteiger partial charge is 0.480 e. The van der Waals surface area contributed by atoms with Crippen molar-refractivity contribution in [2.75, 3.05) is 6.61 Å².